The number of halogens is 1. The third-order valence-corrected chi connectivity index (χ3v) is 7.39. The summed E-state index contributed by atoms with van der Waals surface area (Å²) in [5, 5.41) is 0. The van der Waals surface area contributed by atoms with E-state index in [2.05, 4.69) is 47.7 Å². The Morgan fingerprint density at radius 1 is 1.03 bits per heavy atom. The number of methoxy groups -OCH3 is 1. The molecule has 0 bridgehead atoms. The Kier molecular flexibility index (Phi) is 6.98. The van der Waals surface area contributed by atoms with Crippen LogP contribution in [0.4, 0.5) is 5.69 Å². The smallest absolute Gasteiger partial charge is 0.236 e. The van der Waals surface area contributed by atoms with E-state index >= 15 is 0 Å². The lowest BCUT2D eigenvalue weighted by molar-refractivity contribution is -0.134. The number of carbonyl (C=O) groups is 1. The molecule has 160 valence electrons. The fraction of sp³-hybridized carbons (Fsp3) is 0.682. The normalized spacial score (nSPS) is 22.3. The molecule has 0 spiro atoms. The van der Waals surface area contributed by atoms with Crippen LogP contribution in [0.2, 0.25) is 0 Å². The van der Waals surface area contributed by atoms with E-state index in [1.54, 1.807) is 7.11 Å². The molecule has 0 N–H and O–H groups in total. The van der Waals surface area contributed by atoms with Crippen LogP contribution in [0, 0.1) is 0 Å². The Labute approximate surface area is 182 Å². The molecule has 1 aromatic rings. The number of ether oxygens (including phenoxy) is 1. The third kappa shape index (κ3) is 5.06. The Morgan fingerprint density at radius 3 is 2.38 bits per heavy atom. The van der Waals surface area contributed by atoms with Gasteiger partial charge in [0.2, 0.25) is 5.91 Å². The van der Waals surface area contributed by atoms with Gasteiger partial charge >= 0.3 is 0 Å². The monoisotopic (exact) mass is 464 g/mol. The Balaban J connectivity index is 1.22. The molecule has 0 radical (unpaired) electrons. The van der Waals surface area contributed by atoms with Gasteiger partial charge < -0.3 is 14.5 Å². The SMILES string of the molecule is COc1cc(N2CCN(CC(=O)N3CCN(C4CCCC4)CC3)CC2)ccc1Br. The maximum Gasteiger partial charge on any atom is 0.236 e. The highest BCUT2D eigenvalue weighted by molar-refractivity contribution is 9.10. The quantitative estimate of drug-likeness (QED) is 0.669. The van der Waals surface area contributed by atoms with Crippen LogP contribution in [0.15, 0.2) is 22.7 Å². The molecule has 6 nitrogen and oxygen atoms in total. The average Bonchev–Trinajstić information content (AvgIpc) is 3.30. The van der Waals surface area contributed by atoms with Gasteiger partial charge in [0.15, 0.2) is 0 Å². The Morgan fingerprint density at radius 2 is 1.72 bits per heavy atom. The van der Waals surface area contributed by atoms with Gasteiger partial charge in [0.05, 0.1) is 18.1 Å². The van der Waals surface area contributed by atoms with Crippen molar-refractivity contribution >= 4 is 27.5 Å². The number of piperazine rings is 2. The second-order valence-electron chi connectivity index (χ2n) is 8.44. The minimum atomic E-state index is 0.301. The minimum Gasteiger partial charge on any atom is -0.495 e. The number of nitrogens with zero attached hydrogens (tertiary/aromatic N) is 4. The van der Waals surface area contributed by atoms with E-state index in [9.17, 15) is 4.79 Å². The highest BCUT2D eigenvalue weighted by Gasteiger charge is 2.29. The van der Waals surface area contributed by atoms with Crippen LogP contribution in [0.5, 0.6) is 5.75 Å². The summed E-state index contributed by atoms with van der Waals surface area (Å²) in [7, 11) is 1.70. The van der Waals surface area contributed by atoms with Crippen LogP contribution in [0.1, 0.15) is 25.7 Å². The third-order valence-electron chi connectivity index (χ3n) is 6.74. The molecule has 0 unspecified atom stereocenters. The highest BCUT2D eigenvalue weighted by atomic mass is 79.9. The van der Waals surface area contributed by atoms with E-state index in [-0.39, 0.29) is 0 Å². The van der Waals surface area contributed by atoms with E-state index in [4.69, 9.17) is 4.74 Å². The number of carbonyl (C=O) groups excluding carboxylic acids is 1. The van der Waals surface area contributed by atoms with E-state index in [0.717, 1.165) is 68.6 Å². The number of hydrogen-bond acceptors (Lipinski definition) is 5. The van der Waals surface area contributed by atoms with Crippen molar-refractivity contribution in [3.63, 3.8) is 0 Å². The lowest BCUT2D eigenvalue weighted by Gasteiger charge is -2.40. The molecule has 0 aromatic heterocycles. The lowest BCUT2D eigenvalue weighted by atomic mass is 10.2. The predicted molar refractivity (Wildman–Crippen MR) is 120 cm³/mol. The van der Waals surface area contributed by atoms with Crippen molar-refractivity contribution in [3.05, 3.63) is 22.7 Å². The van der Waals surface area contributed by atoms with Crippen molar-refractivity contribution in [2.45, 2.75) is 31.7 Å². The second kappa shape index (κ2) is 9.67. The van der Waals surface area contributed by atoms with Gasteiger partial charge in [-0.3, -0.25) is 14.6 Å². The number of anilines is 1. The zero-order chi connectivity index (χ0) is 20.2. The maximum absolute atomic E-state index is 12.8. The predicted octanol–water partition coefficient (Wildman–Crippen LogP) is 2.67. The van der Waals surface area contributed by atoms with Crippen LogP contribution in [-0.4, -0.2) is 92.7 Å². The first-order valence-corrected chi connectivity index (χ1v) is 11.8. The molecule has 4 rings (SSSR count). The average molecular weight is 465 g/mol. The highest BCUT2D eigenvalue weighted by Crippen LogP contribution is 2.30. The molecule has 2 saturated heterocycles. The lowest BCUT2D eigenvalue weighted by Crippen LogP contribution is -2.55. The molecule has 2 aliphatic heterocycles. The summed E-state index contributed by atoms with van der Waals surface area (Å²) in [6.45, 7) is 8.17. The molecular formula is C22H33BrN4O2. The van der Waals surface area contributed by atoms with Crippen molar-refractivity contribution in [1.82, 2.24) is 14.7 Å². The molecule has 7 heteroatoms. The summed E-state index contributed by atoms with van der Waals surface area (Å²) in [6, 6.07) is 7.01. The molecular weight excluding hydrogens is 432 g/mol. The van der Waals surface area contributed by atoms with Crippen LogP contribution in [0.3, 0.4) is 0 Å². The van der Waals surface area contributed by atoms with Gasteiger partial charge in [-0.25, -0.2) is 0 Å². The largest absolute Gasteiger partial charge is 0.495 e. The van der Waals surface area contributed by atoms with Crippen molar-refractivity contribution in [3.8, 4) is 5.75 Å². The molecule has 3 aliphatic rings. The maximum atomic E-state index is 12.8. The van der Waals surface area contributed by atoms with Crippen LogP contribution < -0.4 is 9.64 Å². The minimum absolute atomic E-state index is 0.301. The van der Waals surface area contributed by atoms with Gasteiger partial charge in [0, 0.05) is 70.2 Å². The topological polar surface area (TPSA) is 39.3 Å². The molecule has 1 amide bonds. The van der Waals surface area contributed by atoms with Gasteiger partial charge in [-0.05, 0) is 40.9 Å². The summed E-state index contributed by atoms with van der Waals surface area (Å²) in [6.07, 6.45) is 5.45. The van der Waals surface area contributed by atoms with E-state index in [1.165, 1.54) is 31.4 Å². The fourth-order valence-corrected chi connectivity index (χ4v) is 5.32. The molecule has 1 saturated carbocycles. The first-order valence-electron chi connectivity index (χ1n) is 11.0. The van der Waals surface area contributed by atoms with E-state index < -0.39 is 0 Å². The summed E-state index contributed by atoms with van der Waals surface area (Å²) >= 11 is 3.51. The Hall–Kier alpha value is -1.31. The molecule has 3 fully saturated rings. The fourth-order valence-electron chi connectivity index (χ4n) is 4.91. The second-order valence-corrected chi connectivity index (χ2v) is 9.29. The molecule has 2 heterocycles. The van der Waals surface area contributed by atoms with Crippen LogP contribution >= 0.6 is 15.9 Å². The van der Waals surface area contributed by atoms with Gasteiger partial charge in [-0.2, -0.15) is 0 Å². The van der Waals surface area contributed by atoms with Crippen LogP contribution in [0.25, 0.3) is 0 Å². The number of amides is 1. The van der Waals surface area contributed by atoms with Crippen molar-refractivity contribution in [1.29, 1.82) is 0 Å². The van der Waals surface area contributed by atoms with Crippen molar-refractivity contribution in [2.75, 3.05) is 70.9 Å². The number of benzene rings is 1. The number of hydrogen-bond donors (Lipinski definition) is 0. The first kappa shape index (κ1) is 20.9. The van der Waals surface area contributed by atoms with Crippen LogP contribution in [-0.2, 0) is 4.79 Å². The van der Waals surface area contributed by atoms with E-state index in [1.807, 2.05) is 6.07 Å². The van der Waals surface area contributed by atoms with Gasteiger partial charge in [-0.1, -0.05) is 12.8 Å². The molecule has 0 atom stereocenters. The van der Waals surface area contributed by atoms with Crippen molar-refractivity contribution in [2.24, 2.45) is 0 Å². The zero-order valence-corrected chi connectivity index (χ0v) is 19.1. The first-order chi connectivity index (χ1) is 14.1. The number of rotatable bonds is 5. The summed E-state index contributed by atoms with van der Waals surface area (Å²) in [4.78, 5) is 22.2. The van der Waals surface area contributed by atoms with Gasteiger partial charge in [0.25, 0.3) is 0 Å². The standard InChI is InChI=1S/C22H33BrN4O2/c1-29-21-16-19(6-7-20(21)23)26-10-8-24(9-11-26)17-22(28)27-14-12-25(13-15-27)18-4-2-3-5-18/h6-7,16,18H,2-5,8-15,17H2,1H3. The summed E-state index contributed by atoms with van der Waals surface area (Å²) in [5.74, 6) is 1.16. The molecule has 29 heavy (non-hydrogen) atoms. The summed E-state index contributed by atoms with van der Waals surface area (Å²) in [5.41, 5.74) is 1.18. The summed E-state index contributed by atoms with van der Waals surface area (Å²) < 4.78 is 6.39. The zero-order valence-electron chi connectivity index (χ0n) is 17.5. The Bertz CT molecular complexity index is 694. The van der Waals surface area contributed by atoms with Crippen molar-refractivity contribution < 1.29 is 9.53 Å². The molecule has 1 aromatic carbocycles. The van der Waals surface area contributed by atoms with E-state index in [0.29, 0.717) is 12.5 Å². The molecule has 1 aliphatic carbocycles. The van der Waals surface area contributed by atoms with Gasteiger partial charge in [-0.15, -0.1) is 0 Å². The van der Waals surface area contributed by atoms with Gasteiger partial charge in [0.1, 0.15) is 5.75 Å².